The SMILES string of the molecule is C=C1C[C@@H](O)C2CCCC3(CCC4(OCCO4)C23)C[C@@H]1O. The van der Waals surface area contributed by atoms with Gasteiger partial charge in [0.1, 0.15) is 0 Å². The highest BCUT2D eigenvalue weighted by Crippen LogP contribution is 2.64. The first-order chi connectivity index (χ1) is 10.1. The van der Waals surface area contributed by atoms with Crippen molar-refractivity contribution in [3.8, 4) is 0 Å². The van der Waals surface area contributed by atoms with Gasteiger partial charge in [0.2, 0.25) is 0 Å². The second kappa shape index (κ2) is 4.79. The average molecular weight is 294 g/mol. The van der Waals surface area contributed by atoms with Crippen molar-refractivity contribution in [2.75, 3.05) is 13.2 Å². The first kappa shape index (κ1) is 14.2. The molecule has 3 unspecified atom stereocenters. The zero-order valence-corrected chi connectivity index (χ0v) is 12.6. The third kappa shape index (κ3) is 1.96. The first-order valence-electron chi connectivity index (χ1n) is 8.38. The molecule has 2 N–H and O–H groups in total. The molecule has 0 aromatic rings. The molecule has 4 aliphatic rings. The van der Waals surface area contributed by atoms with Crippen molar-refractivity contribution >= 4 is 0 Å². The van der Waals surface area contributed by atoms with Gasteiger partial charge in [0.15, 0.2) is 5.79 Å². The van der Waals surface area contributed by atoms with Gasteiger partial charge in [-0.25, -0.2) is 0 Å². The smallest absolute Gasteiger partial charge is 0.172 e. The van der Waals surface area contributed by atoms with Gasteiger partial charge in [-0.15, -0.1) is 0 Å². The molecule has 4 nitrogen and oxygen atoms in total. The van der Waals surface area contributed by atoms with E-state index in [1.54, 1.807) is 0 Å². The molecule has 1 aliphatic heterocycles. The van der Waals surface area contributed by atoms with Gasteiger partial charge in [-0.2, -0.15) is 0 Å². The molecule has 0 amide bonds. The first-order valence-corrected chi connectivity index (χ1v) is 8.38. The third-order valence-corrected chi connectivity index (χ3v) is 6.56. The molecular weight excluding hydrogens is 268 g/mol. The third-order valence-electron chi connectivity index (χ3n) is 6.56. The van der Waals surface area contributed by atoms with Crippen molar-refractivity contribution in [3.63, 3.8) is 0 Å². The van der Waals surface area contributed by atoms with Crippen LogP contribution in [0.25, 0.3) is 0 Å². The van der Waals surface area contributed by atoms with Gasteiger partial charge < -0.3 is 19.7 Å². The van der Waals surface area contributed by atoms with Gasteiger partial charge in [-0.1, -0.05) is 13.0 Å². The molecule has 118 valence electrons. The van der Waals surface area contributed by atoms with Crippen molar-refractivity contribution in [3.05, 3.63) is 12.2 Å². The lowest BCUT2D eigenvalue weighted by molar-refractivity contribution is -0.228. The van der Waals surface area contributed by atoms with E-state index >= 15 is 0 Å². The van der Waals surface area contributed by atoms with Crippen LogP contribution in [0.15, 0.2) is 12.2 Å². The summed E-state index contributed by atoms with van der Waals surface area (Å²) < 4.78 is 12.1. The van der Waals surface area contributed by atoms with Gasteiger partial charge in [-0.05, 0) is 49.0 Å². The van der Waals surface area contributed by atoms with Crippen LogP contribution >= 0.6 is 0 Å². The molecule has 0 radical (unpaired) electrons. The molecule has 2 bridgehead atoms. The predicted molar refractivity (Wildman–Crippen MR) is 77.5 cm³/mol. The molecule has 4 fully saturated rings. The summed E-state index contributed by atoms with van der Waals surface area (Å²) in [6.45, 7) is 5.32. The fourth-order valence-electron chi connectivity index (χ4n) is 5.74. The molecule has 4 rings (SSSR count). The number of hydrogen-bond donors (Lipinski definition) is 2. The van der Waals surface area contributed by atoms with Crippen LogP contribution in [0.1, 0.15) is 44.9 Å². The van der Waals surface area contributed by atoms with Gasteiger partial charge in [-0.3, -0.25) is 0 Å². The largest absolute Gasteiger partial charge is 0.392 e. The Hall–Kier alpha value is -0.420. The van der Waals surface area contributed by atoms with E-state index in [9.17, 15) is 10.2 Å². The van der Waals surface area contributed by atoms with E-state index in [2.05, 4.69) is 6.58 Å². The summed E-state index contributed by atoms with van der Waals surface area (Å²) >= 11 is 0. The van der Waals surface area contributed by atoms with E-state index in [0.717, 1.165) is 44.1 Å². The van der Waals surface area contributed by atoms with E-state index in [1.165, 1.54) is 0 Å². The van der Waals surface area contributed by atoms with Crippen LogP contribution in [0.4, 0.5) is 0 Å². The minimum absolute atomic E-state index is 0.0526. The maximum absolute atomic E-state index is 10.7. The van der Waals surface area contributed by atoms with E-state index in [1.807, 2.05) is 0 Å². The van der Waals surface area contributed by atoms with Crippen LogP contribution in [-0.2, 0) is 9.47 Å². The van der Waals surface area contributed by atoms with Crippen molar-refractivity contribution in [1.29, 1.82) is 0 Å². The lowest BCUT2D eigenvalue weighted by Gasteiger charge is -2.52. The summed E-state index contributed by atoms with van der Waals surface area (Å²) in [5.74, 6) is -0.0626. The zero-order chi connectivity index (χ0) is 14.7. The maximum Gasteiger partial charge on any atom is 0.172 e. The number of rotatable bonds is 0. The summed E-state index contributed by atoms with van der Waals surface area (Å²) in [5.41, 5.74) is 0.846. The molecule has 1 heterocycles. The van der Waals surface area contributed by atoms with Crippen molar-refractivity contribution in [2.45, 2.75) is 62.9 Å². The molecule has 3 saturated carbocycles. The van der Waals surface area contributed by atoms with Crippen LogP contribution < -0.4 is 0 Å². The Balaban J connectivity index is 1.77. The van der Waals surface area contributed by atoms with E-state index in [4.69, 9.17) is 9.47 Å². The highest BCUT2D eigenvalue weighted by molar-refractivity contribution is 5.16. The Labute approximate surface area is 126 Å². The van der Waals surface area contributed by atoms with E-state index < -0.39 is 18.0 Å². The number of hydrogen-bond acceptors (Lipinski definition) is 4. The summed E-state index contributed by atoms with van der Waals surface area (Å²) in [4.78, 5) is 0. The van der Waals surface area contributed by atoms with Crippen molar-refractivity contribution < 1.29 is 19.7 Å². The lowest BCUT2D eigenvalue weighted by Crippen LogP contribution is -2.53. The molecular formula is C17H26O4. The summed E-state index contributed by atoms with van der Waals surface area (Å²) in [6, 6.07) is 0. The van der Waals surface area contributed by atoms with Gasteiger partial charge in [0.05, 0.1) is 25.4 Å². The Morgan fingerprint density at radius 1 is 1.10 bits per heavy atom. The van der Waals surface area contributed by atoms with E-state index in [0.29, 0.717) is 19.6 Å². The van der Waals surface area contributed by atoms with Crippen LogP contribution in [0.3, 0.4) is 0 Å². The minimum Gasteiger partial charge on any atom is -0.392 e. The van der Waals surface area contributed by atoms with Crippen molar-refractivity contribution in [1.82, 2.24) is 0 Å². The van der Waals surface area contributed by atoms with Gasteiger partial charge in [0, 0.05) is 12.3 Å². The number of aliphatic hydroxyl groups is 2. The Morgan fingerprint density at radius 2 is 1.86 bits per heavy atom. The fourth-order valence-corrected chi connectivity index (χ4v) is 5.74. The fraction of sp³-hybridized carbons (Fsp3) is 0.882. The predicted octanol–water partition coefficient (Wildman–Crippen LogP) is 2.00. The Morgan fingerprint density at radius 3 is 2.62 bits per heavy atom. The molecule has 0 aromatic heterocycles. The van der Waals surface area contributed by atoms with Gasteiger partial charge >= 0.3 is 0 Å². The van der Waals surface area contributed by atoms with Crippen LogP contribution in [0.5, 0.6) is 0 Å². The molecule has 1 spiro atoms. The quantitative estimate of drug-likeness (QED) is 0.671. The lowest BCUT2D eigenvalue weighted by atomic mass is 9.56. The Bertz CT molecular complexity index is 442. The molecule has 4 heteroatoms. The zero-order valence-electron chi connectivity index (χ0n) is 12.6. The summed E-state index contributed by atoms with van der Waals surface area (Å²) in [5, 5.41) is 21.2. The number of ether oxygens (including phenoxy) is 2. The maximum atomic E-state index is 10.7. The highest BCUT2D eigenvalue weighted by atomic mass is 16.7. The minimum atomic E-state index is -0.502. The molecule has 5 atom stereocenters. The van der Waals surface area contributed by atoms with Crippen LogP contribution in [-0.4, -0.2) is 41.4 Å². The molecule has 21 heavy (non-hydrogen) atoms. The molecule has 1 saturated heterocycles. The summed E-state index contributed by atoms with van der Waals surface area (Å²) in [6.07, 6.45) is 5.55. The highest BCUT2D eigenvalue weighted by Gasteiger charge is 2.65. The normalized spacial score (nSPS) is 49.0. The van der Waals surface area contributed by atoms with E-state index in [-0.39, 0.29) is 17.3 Å². The van der Waals surface area contributed by atoms with Crippen molar-refractivity contribution in [2.24, 2.45) is 17.3 Å². The second-order valence-electron chi connectivity index (χ2n) is 7.55. The number of aliphatic hydroxyl groups excluding tert-OH is 2. The van der Waals surface area contributed by atoms with Gasteiger partial charge in [0.25, 0.3) is 0 Å². The molecule has 3 aliphatic carbocycles. The standard InChI is InChI=1S/C17H26O4/c1-11-9-13(18)12-3-2-4-16(10-14(11)19)5-6-17(15(12)16)20-7-8-21-17/h12-15,18-19H,1-10H2/t12?,13-,14+,15?,16?/m1/s1. The summed E-state index contributed by atoms with van der Waals surface area (Å²) in [7, 11) is 0. The van der Waals surface area contributed by atoms with Crippen LogP contribution in [0.2, 0.25) is 0 Å². The van der Waals surface area contributed by atoms with Crippen LogP contribution in [0, 0.1) is 17.3 Å². The second-order valence-corrected chi connectivity index (χ2v) is 7.55. The Kier molecular flexibility index (Phi) is 3.23. The average Bonchev–Trinajstić information content (AvgIpc) is 3.05. The molecule has 0 aromatic carbocycles. The topological polar surface area (TPSA) is 58.9 Å². The monoisotopic (exact) mass is 294 g/mol.